The number of pyridine rings is 1. The van der Waals surface area contributed by atoms with Crippen molar-refractivity contribution in [2.45, 2.75) is 22.1 Å². The summed E-state index contributed by atoms with van der Waals surface area (Å²) in [5, 5.41) is 0.720. The molecule has 2 rings (SSSR count). The molecule has 1 aromatic heterocycles. The van der Waals surface area contributed by atoms with Gasteiger partial charge in [0.2, 0.25) is 10.0 Å². The van der Waals surface area contributed by atoms with E-state index in [2.05, 4.69) is 4.98 Å². The van der Waals surface area contributed by atoms with Gasteiger partial charge in [0.15, 0.2) is 5.78 Å². The van der Waals surface area contributed by atoms with Crippen LogP contribution in [0.1, 0.15) is 17.3 Å². The summed E-state index contributed by atoms with van der Waals surface area (Å²) in [5.41, 5.74) is 0.536. The van der Waals surface area contributed by atoms with E-state index in [1.165, 1.54) is 38.1 Å². The normalized spacial score (nSPS) is 13.0. The number of Topliss-reactive ketones (excluding diaryl/α,β-unsaturated/α-hetero) is 1. The molecular weight excluding hydrogens is 368 g/mol. The molecule has 0 amide bonds. The third-order valence-corrected chi connectivity index (χ3v) is 6.35. The first-order valence-corrected chi connectivity index (χ1v) is 9.76. The predicted molar refractivity (Wildman–Crippen MR) is 96.2 cm³/mol. The van der Waals surface area contributed by atoms with Gasteiger partial charge in [-0.3, -0.25) is 4.79 Å². The van der Waals surface area contributed by atoms with Crippen LogP contribution in [0.3, 0.4) is 0 Å². The van der Waals surface area contributed by atoms with Crippen molar-refractivity contribution in [3.8, 4) is 0 Å². The van der Waals surface area contributed by atoms with E-state index < -0.39 is 10.0 Å². The van der Waals surface area contributed by atoms with Gasteiger partial charge in [0.1, 0.15) is 4.90 Å². The minimum Gasteiger partial charge on any atom is -0.293 e. The van der Waals surface area contributed by atoms with E-state index in [9.17, 15) is 13.2 Å². The Bertz CT molecular complexity index is 837. The second-order valence-electron chi connectivity index (χ2n) is 5.25. The first-order chi connectivity index (χ1) is 11.2. The van der Waals surface area contributed by atoms with Gasteiger partial charge in [-0.25, -0.2) is 17.7 Å². The minimum absolute atomic E-state index is 0.0608. The van der Waals surface area contributed by atoms with Gasteiger partial charge in [0, 0.05) is 30.9 Å². The van der Waals surface area contributed by atoms with Crippen LogP contribution in [0.2, 0.25) is 5.02 Å². The fourth-order valence-electron chi connectivity index (χ4n) is 1.91. The van der Waals surface area contributed by atoms with E-state index in [1.807, 2.05) is 0 Å². The summed E-state index contributed by atoms with van der Waals surface area (Å²) in [7, 11) is -0.582. The number of carbonyl (C=O) groups is 1. The molecule has 0 fully saturated rings. The number of sulfonamides is 1. The zero-order chi connectivity index (χ0) is 17.9. The monoisotopic (exact) mass is 384 g/mol. The lowest BCUT2D eigenvalue weighted by atomic mass is 10.1. The predicted octanol–water partition coefficient (Wildman–Crippen LogP) is 3.35. The number of thioether (sulfide) groups is 1. The average molecular weight is 385 g/mol. The van der Waals surface area contributed by atoms with Crippen molar-refractivity contribution in [1.82, 2.24) is 9.29 Å². The first kappa shape index (κ1) is 18.9. The molecule has 0 spiro atoms. The lowest BCUT2D eigenvalue weighted by molar-refractivity contribution is 0.0994. The van der Waals surface area contributed by atoms with Crippen LogP contribution in [0.15, 0.2) is 52.5 Å². The molecule has 0 aliphatic heterocycles. The Balaban J connectivity index is 2.12. The molecule has 0 aliphatic carbocycles. The van der Waals surface area contributed by atoms with Crippen molar-refractivity contribution in [1.29, 1.82) is 0 Å². The molecule has 128 valence electrons. The average Bonchev–Trinajstić information content (AvgIpc) is 2.54. The van der Waals surface area contributed by atoms with Crippen molar-refractivity contribution in [3.05, 3.63) is 53.2 Å². The van der Waals surface area contributed by atoms with Crippen LogP contribution < -0.4 is 0 Å². The van der Waals surface area contributed by atoms with Crippen LogP contribution in [0.4, 0.5) is 0 Å². The molecule has 2 aromatic rings. The van der Waals surface area contributed by atoms with Crippen LogP contribution >= 0.6 is 23.4 Å². The molecule has 24 heavy (non-hydrogen) atoms. The van der Waals surface area contributed by atoms with Gasteiger partial charge in [0.05, 0.1) is 10.3 Å². The number of hydrogen-bond acceptors (Lipinski definition) is 5. The summed E-state index contributed by atoms with van der Waals surface area (Å²) in [5.74, 6) is -0.0608. The minimum atomic E-state index is -3.51. The van der Waals surface area contributed by atoms with Gasteiger partial charge in [-0.05, 0) is 31.2 Å². The quantitative estimate of drug-likeness (QED) is 0.564. The molecule has 0 saturated carbocycles. The zero-order valence-electron chi connectivity index (χ0n) is 13.4. The third kappa shape index (κ3) is 4.36. The fraction of sp³-hybridized carbons (Fsp3) is 0.250. The van der Waals surface area contributed by atoms with E-state index in [0.717, 1.165) is 4.31 Å². The van der Waals surface area contributed by atoms with Crippen LogP contribution in [-0.4, -0.2) is 42.8 Å². The van der Waals surface area contributed by atoms with Crippen molar-refractivity contribution < 1.29 is 13.2 Å². The van der Waals surface area contributed by atoms with Crippen molar-refractivity contribution in [2.24, 2.45) is 0 Å². The molecule has 0 bridgehead atoms. The number of halogens is 1. The van der Waals surface area contributed by atoms with Crippen LogP contribution in [0.25, 0.3) is 0 Å². The Morgan fingerprint density at radius 2 is 1.96 bits per heavy atom. The molecule has 1 atom stereocenters. The molecule has 0 saturated heterocycles. The Kier molecular flexibility index (Phi) is 6.03. The second-order valence-corrected chi connectivity index (χ2v) is 9.20. The van der Waals surface area contributed by atoms with E-state index in [4.69, 9.17) is 11.6 Å². The molecule has 5 nitrogen and oxygen atoms in total. The maximum absolute atomic E-state index is 12.4. The Hall–Kier alpha value is -1.41. The highest BCUT2D eigenvalue weighted by molar-refractivity contribution is 8.00. The summed E-state index contributed by atoms with van der Waals surface area (Å²) in [4.78, 5) is 16.7. The van der Waals surface area contributed by atoms with Crippen LogP contribution in [0, 0.1) is 0 Å². The molecule has 0 N–H and O–H groups in total. The molecule has 1 aromatic carbocycles. The van der Waals surface area contributed by atoms with E-state index in [-0.39, 0.29) is 15.9 Å². The Morgan fingerprint density at radius 1 is 1.25 bits per heavy atom. The van der Waals surface area contributed by atoms with Crippen LogP contribution in [0.5, 0.6) is 0 Å². The van der Waals surface area contributed by atoms with Crippen LogP contribution in [-0.2, 0) is 10.0 Å². The fourth-order valence-corrected chi connectivity index (χ4v) is 3.81. The largest absolute Gasteiger partial charge is 0.293 e. The van der Waals surface area contributed by atoms with E-state index in [1.54, 1.807) is 37.3 Å². The first-order valence-electron chi connectivity index (χ1n) is 7.07. The standard InChI is InChI=1S/C16H17ClN2O3S2/c1-11(16(20)12-5-4-6-13(17)9-12)23-15-8-7-14(10-18-15)24(21,22)19(2)3/h4-11H,1-3H3. The highest BCUT2D eigenvalue weighted by Gasteiger charge is 2.20. The summed E-state index contributed by atoms with van der Waals surface area (Å²) in [6.45, 7) is 1.78. The van der Waals surface area contributed by atoms with Gasteiger partial charge < -0.3 is 0 Å². The highest BCUT2D eigenvalue weighted by Crippen LogP contribution is 2.25. The van der Waals surface area contributed by atoms with Crippen molar-refractivity contribution in [2.75, 3.05) is 14.1 Å². The number of benzene rings is 1. The number of rotatable bonds is 6. The van der Waals surface area contributed by atoms with Gasteiger partial charge in [-0.2, -0.15) is 0 Å². The number of carbonyl (C=O) groups excluding carboxylic acids is 1. The maximum Gasteiger partial charge on any atom is 0.244 e. The van der Waals surface area contributed by atoms with Crippen molar-refractivity contribution >= 4 is 39.2 Å². The molecule has 0 radical (unpaired) electrons. The molecule has 1 heterocycles. The number of hydrogen-bond donors (Lipinski definition) is 0. The molecule has 0 aliphatic rings. The summed E-state index contributed by atoms with van der Waals surface area (Å²) in [6, 6.07) is 9.87. The highest BCUT2D eigenvalue weighted by atomic mass is 35.5. The van der Waals surface area contributed by atoms with Crippen molar-refractivity contribution in [3.63, 3.8) is 0 Å². The van der Waals surface area contributed by atoms with Gasteiger partial charge >= 0.3 is 0 Å². The second kappa shape index (κ2) is 7.65. The third-order valence-electron chi connectivity index (χ3n) is 3.26. The van der Waals surface area contributed by atoms with Gasteiger partial charge in [-0.15, -0.1) is 0 Å². The molecule has 8 heteroatoms. The summed E-state index contributed by atoms with van der Waals surface area (Å²) in [6.07, 6.45) is 1.30. The molecule has 1 unspecified atom stereocenters. The molecular formula is C16H17ClN2O3S2. The van der Waals surface area contributed by atoms with E-state index in [0.29, 0.717) is 15.6 Å². The zero-order valence-corrected chi connectivity index (χ0v) is 15.8. The SMILES string of the molecule is CC(Sc1ccc(S(=O)(=O)N(C)C)cn1)C(=O)c1cccc(Cl)c1. The van der Waals surface area contributed by atoms with Gasteiger partial charge in [-0.1, -0.05) is 35.5 Å². The topological polar surface area (TPSA) is 67.3 Å². The lowest BCUT2D eigenvalue weighted by Crippen LogP contribution is -2.22. The smallest absolute Gasteiger partial charge is 0.244 e. The Labute approximate surface area is 151 Å². The Morgan fingerprint density at radius 3 is 2.50 bits per heavy atom. The number of aromatic nitrogens is 1. The summed E-state index contributed by atoms with van der Waals surface area (Å²) >= 11 is 7.18. The summed E-state index contributed by atoms with van der Waals surface area (Å²) < 4.78 is 25.1. The lowest BCUT2D eigenvalue weighted by Gasteiger charge is -2.12. The number of nitrogens with zero attached hydrogens (tertiary/aromatic N) is 2. The maximum atomic E-state index is 12.4. The van der Waals surface area contributed by atoms with E-state index >= 15 is 0 Å². The number of ketones is 1. The van der Waals surface area contributed by atoms with Gasteiger partial charge in [0.25, 0.3) is 0 Å².